The zero-order chi connectivity index (χ0) is 18.1. The molecule has 0 saturated heterocycles. The number of fused-ring (bicyclic) bond motifs is 2. The van der Waals surface area contributed by atoms with Crippen molar-refractivity contribution < 1.29 is 17.9 Å². The summed E-state index contributed by atoms with van der Waals surface area (Å²) in [7, 11) is -3.84. The molecule has 4 rings (SSSR count). The summed E-state index contributed by atoms with van der Waals surface area (Å²) in [5.74, 6) is 0.969. The van der Waals surface area contributed by atoms with Crippen LogP contribution in [0.1, 0.15) is 11.3 Å². The molecule has 1 aliphatic rings. The van der Waals surface area contributed by atoms with Crippen LogP contribution in [0.3, 0.4) is 0 Å². The average molecular weight is 408 g/mol. The van der Waals surface area contributed by atoms with Crippen molar-refractivity contribution in [1.29, 1.82) is 0 Å². The van der Waals surface area contributed by atoms with Gasteiger partial charge in [0.2, 0.25) is 0 Å². The lowest BCUT2D eigenvalue weighted by molar-refractivity contribution is 0.297. The van der Waals surface area contributed by atoms with Crippen LogP contribution in [-0.2, 0) is 10.0 Å². The first-order valence-electron chi connectivity index (χ1n) is 7.91. The summed E-state index contributed by atoms with van der Waals surface area (Å²) in [4.78, 5) is 0.781. The van der Waals surface area contributed by atoms with Crippen LogP contribution in [0.25, 0.3) is 10.1 Å². The summed E-state index contributed by atoms with van der Waals surface area (Å²) < 4.78 is 40.9. The van der Waals surface area contributed by atoms with Crippen LogP contribution in [0.5, 0.6) is 11.5 Å². The first-order chi connectivity index (χ1) is 12.5. The predicted molar refractivity (Wildman–Crippen MR) is 104 cm³/mol. The summed E-state index contributed by atoms with van der Waals surface area (Å²) >= 11 is 7.55. The van der Waals surface area contributed by atoms with Gasteiger partial charge < -0.3 is 9.47 Å². The van der Waals surface area contributed by atoms with E-state index in [9.17, 15) is 8.42 Å². The fourth-order valence-corrected chi connectivity index (χ4v) is 4.77. The second-order valence-corrected chi connectivity index (χ2v) is 8.80. The molecule has 0 bridgehead atoms. The number of thiophene rings is 1. The minimum absolute atomic E-state index is 0.0668. The fourth-order valence-electron chi connectivity index (χ4n) is 2.60. The molecular formula is C18H14ClNO4S2. The Morgan fingerprint density at radius 2 is 1.88 bits per heavy atom. The molecule has 0 N–H and O–H groups in total. The van der Waals surface area contributed by atoms with Crippen molar-refractivity contribution in [2.45, 2.75) is 11.3 Å². The second kappa shape index (κ2) is 6.90. The molecule has 26 heavy (non-hydrogen) atoms. The summed E-state index contributed by atoms with van der Waals surface area (Å²) in [6.07, 6.45) is 2.10. The Bertz CT molecular complexity index is 1110. The van der Waals surface area contributed by atoms with Crippen LogP contribution >= 0.6 is 22.9 Å². The van der Waals surface area contributed by atoms with Gasteiger partial charge in [0, 0.05) is 17.4 Å². The first kappa shape index (κ1) is 17.3. The summed E-state index contributed by atoms with van der Waals surface area (Å²) in [5, 5.41) is 1.59. The Hall–Kier alpha value is -2.09. The van der Waals surface area contributed by atoms with Gasteiger partial charge in [0.25, 0.3) is 10.0 Å². The number of benzene rings is 2. The van der Waals surface area contributed by atoms with Crippen molar-refractivity contribution >= 4 is 49.3 Å². The van der Waals surface area contributed by atoms with Gasteiger partial charge in [-0.15, -0.1) is 11.3 Å². The van der Waals surface area contributed by atoms with E-state index in [1.54, 1.807) is 12.1 Å². The van der Waals surface area contributed by atoms with Crippen molar-refractivity contribution in [3.8, 4) is 11.5 Å². The van der Waals surface area contributed by atoms with E-state index >= 15 is 0 Å². The topological polar surface area (TPSA) is 65.0 Å². The van der Waals surface area contributed by atoms with Crippen LogP contribution < -0.4 is 9.47 Å². The van der Waals surface area contributed by atoms with Crippen molar-refractivity contribution in [2.75, 3.05) is 13.2 Å². The highest BCUT2D eigenvalue weighted by Gasteiger charge is 2.18. The molecule has 2 heterocycles. The Balaban J connectivity index is 1.65. The van der Waals surface area contributed by atoms with E-state index in [2.05, 4.69) is 4.40 Å². The van der Waals surface area contributed by atoms with E-state index in [1.165, 1.54) is 29.7 Å². The minimum Gasteiger partial charge on any atom is -0.490 e. The Labute approximate surface area is 159 Å². The maximum Gasteiger partial charge on any atom is 0.282 e. The lowest BCUT2D eigenvalue weighted by Crippen LogP contribution is -1.99. The van der Waals surface area contributed by atoms with Gasteiger partial charge in [-0.25, -0.2) is 0 Å². The van der Waals surface area contributed by atoms with Gasteiger partial charge in [-0.05, 0) is 29.7 Å². The molecule has 3 aromatic rings. The highest BCUT2D eigenvalue weighted by atomic mass is 35.5. The third kappa shape index (κ3) is 3.42. The van der Waals surface area contributed by atoms with Gasteiger partial charge >= 0.3 is 0 Å². The molecule has 0 saturated carbocycles. The third-order valence-electron chi connectivity index (χ3n) is 3.85. The normalized spacial score (nSPS) is 14.7. The molecule has 1 aliphatic heterocycles. The largest absolute Gasteiger partial charge is 0.490 e. The highest BCUT2D eigenvalue weighted by molar-refractivity contribution is 7.90. The number of sulfonamides is 1. The van der Waals surface area contributed by atoms with Gasteiger partial charge in [0.15, 0.2) is 11.5 Å². The highest BCUT2D eigenvalue weighted by Crippen LogP contribution is 2.33. The number of hydrogen-bond donors (Lipinski definition) is 0. The molecule has 8 heteroatoms. The Morgan fingerprint density at radius 3 is 2.69 bits per heavy atom. The summed E-state index contributed by atoms with van der Waals surface area (Å²) in [6, 6.07) is 12.0. The average Bonchev–Trinajstić information content (AvgIpc) is 2.91. The van der Waals surface area contributed by atoms with Crippen LogP contribution in [-0.4, -0.2) is 27.8 Å². The molecule has 0 atom stereocenters. The summed E-state index contributed by atoms with van der Waals surface area (Å²) in [5.41, 5.74) is 0. The maximum atomic E-state index is 12.5. The minimum atomic E-state index is -3.84. The number of halogens is 1. The molecule has 2 aromatic carbocycles. The molecular weight excluding hydrogens is 394 g/mol. The van der Waals surface area contributed by atoms with Crippen molar-refractivity contribution in [3.05, 3.63) is 52.4 Å². The van der Waals surface area contributed by atoms with E-state index in [0.717, 1.165) is 16.5 Å². The van der Waals surface area contributed by atoms with Crippen molar-refractivity contribution in [3.63, 3.8) is 0 Å². The third-order valence-corrected chi connectivity index (χ3v) is 6.63. The monoisotopic (exact) mass is 407 g/mol. The zero-order valence-corrected chi connectivity index (χ0v) is 15.9. The number of rotatable bonds is 3. The molecule has 0 amide bonds. The molecule has 0 aliphatic carbocycles. The van der Waals surface area contributed by atoms with E-state index in [4.69, 9.17) is 21.1 Å². The Kier molecular flexibility index (Phi) is 4.60. The zero-order valence-electron chi connectivity index (χ0n) is 13.5. The lowest BCUT2D eigenvalue weighted by atomic mass is 10.2. The quantitative estimate of drug-likeness (QED) is 0.598. The van der Waals surface area contributed by atoms with Crippen LogP contribution in [0.2, 0.25) is 5.02 Å². The molecule has 134 valence electrons. The maximum absolute atomic E-state index is 12.5. The molecule has 0 fully saturated rings. The Morgan fingerprint density at radius 1 is 1.08 bits per heavy atom. The van der Waals surface area contributed by atoms with Crippen LogP contribution in [0, 0.1) is 0 Å². The summed E-state index contributed by atoms with van der Waals surface area (Å²) in [6.45, 7) is 1.04. The van der Waals surface area contributed by atoms with Crippen molar-refractivity contribution in [1.82, 2.24) is 0 Å². The van der Waals surface area contributed by atoms with E-state index < -0.39 is 10.0 Å². The SMILES string of the molecule is O=S(=O)(/N=C/c1cc2cccc(Cl)c2s1)c1ccc2c(c1)OCCCO2. The van der Waals surface area contributed by atoms with E-state index in [-0.39, 0.29) is 4.90 Å². The van der Waals surface area contributed by atoms with Crippen LogP contribution in [0.15, 0.2) is 51.8 Å². The van der Waals surface area contributed by atoms with Crippen LogP contribution in [0.4, 0.5) is 0 Å². The fraction of sp³-hybridized carbons (Fsp3) is 0.167. The molecule has 0 unspecified atom stereocenters. The standard InChI is InChI=1S/C18H14ClNO4S2/c19-15-4-1-3-12-9-13(25-18(12)15)11-20-26(21,22)14-5-6-16-17(10-14)24-8-2-7-23-16/h1,3-6,9-11H,2,7-8H2/b20-11+. The van der Waals surface area contributed by atoms with Gasteiger partial charge in [0.1, 0.15) is 0 Å². The second-order valence-electron chi connectivity index (χ2n) is 5.68. The van der Waals surface area contributed by atoms with Gasteiger partial charge in [-0.1, -0.05) is 23.7 Å². The van der Waals surface area contributed by atoms with Gasteiger partial charge in [-0.2, -0.15) is 12.8 Å². The lowest BCUT2D eigenvalue weighted by Gasteiger charge is -2.08. The van der Waals surface area contributed by atoms with Gasteiger partial charge in [-0.3, -0.25) is 0 Å². The number of ether oxygens (including phenoxy) is 2. The number of hydrogen-bond acceptors (Lipinski definition) is 5. The van der Waals surface area contributed by atoms with E-state index in [1.807, 2.05) is 18.2 Å². The predicted octanol–water partition coefficient (Wildman–Crippen LogP) is 4.52. The van der Waals surface area contributed by atoms with Crippen molar-refractivity contribution in [2.24, 2.45) is 4.40 Å². The number of nitrogens with zero attached hydrogens (tertiary/aromatic N) is 1. The van der Waals surface area contributed by atoms with E-state index in [0.29, 0.717) is 34.6 Å². The molecule has 1 aromatic heterocycles. The first-order valence-corrected chi connectivity index (χ1v) is 10.5. The molecule has 5 nitrogen and oxygen atoms in total. The molecule has 0 spiro atoms. The smallest absolute Gasteiger partial charge is 0.282 e. The van der Waals surface area contributed by atoms with Gasteiger partial charge in [0.05, 0.1) is 34.0 Å². The molecule has 0 radical (unpaired) electrons.